The van der Waals surface area contributed by atoms with Gasteiger partial charge in [0.2, 0.25) is 5.91 Å². The minimum Gasteiger partial charge on any atom is -0.325 e. The van der Waals surface area contributed by atoms with E-state index in [-0.39, 0.29) is 11.7 Å². The summed E-state index contributed by atoms with van der Waals surface area (Å²) in [5.41, 5.74) is 3.85. The maximum Gasteiger partial charge on any atom is 0.234 e. The molecule has 0 saturated carbocycles. The summed E-state index contributed by atoms with van der Waals surface area (Å²) in [4.78, 5) is 12.4. The summed E-state index contributed by atoms with van der Waals surface area (Å²) in [5.74, 6) is 0.114. The van der Waals surface area contributed by atoms with Gasteiger partial charge in [0.05, 0.1) is 11.4 Å². The number of amides is 1. The number of halogens is 1. The van der Waals surface area contributed by atoms with Crippen LogP contribution < -0.4 is 5.32 Å². The molecule has 144 valence electrons. The fourth-order valence-electron chi connectivity index (χ4n) is 2.83. The van der Waals surface area contributed by atoms with E-state index in [4.69, 9.17) is 11.6 Å². The quantitative estimate of drug-likeness (QED) is 0.429. The first kappa shape index (κ1) is 19.2. The number of nitrogens with zero attached hydrogens (tertiary/aromatic N) is 3. The van der Waals surface area contributed by atoms with Gasteiger partial charge in [0.1, 0.15) is 6.33 Å². The van der Waals surface area contributed by atoms with Crippen molar-refractivity contribution in [3.05, 3.63) is 90.2 Å². The summed E-state index contributed by atoms with van der Waals surface area (Å²) in [6, 6.07) is 25.3. The molecule has 0 unspecified atom stereocenters. The van der Waals surface area contributed by atoms with E-state index in [0.29, 0.717) is 10.2 Å². The molecule has 0 radical (unpaired) electrons. The van der Waals surface area contributed by atoms with Gasteiger partial charge in [-0.3, -0.25) is 9.36 Å². The highest BCUT2D eigenvalue weighted by atomic mass is 35.5. The molecule has 1 N–H and O–H groups in total. The molecule has 0 saturated heterocycles. The molecule has 0 aliphatic carbocycles. The van der Waals surface area contributed by atoms with Gasteiger partial charge in [0.15, 0.2) is 5.16 Å². The first-order valence-corrected chi connectivity index (χ1v) is 10.3. The highest BCUT2D eigenvalue weighted by Crippen LogP contribution is 2.23. The van der Waals surface area contributed by atoms with Gasteiger partial charge in [-0.1, -0.05) is 71.9 Å². The smallest absolute Gasteiger partial charge is 0.234 e. The van der Waals surface area contributed by atoms with Crippen LogP contribution in [-0.4, -0.2) is 26.4 Å². The standard InChI is InChI=1S/C22H17ClN4OS/c23-18-7-4-8-20(13-18)27-15-24-26-22(27)29-14-21(28)25-19-11-9-17(10-12-19)16-5-2-1-3-6-16/h1-13,15H,14H2,(H,25,28). The number of benzene rings is 3. The zero-order chi connectivity index (χ0) is 20.1. The molecule has 0 bridgehead atoms. The lowest BCUT2D eigenvalue weighted by molar-refractivity contribution is -0.113. The third-order valence-electron chi connectivity index (χ3n) is 4.21. The molecule has 7 heteroatoms. The molecule has 0 spiro atoms. The number of thioether (sulfide) groups is 1. The van der Waals surface area contributed by atoms with Crippen molar-refractivity contribution in [1.29, 1.82) is 0 Å². The van der Waals surface area contributed by atoms with Crippen molar-refractivity contribution in [2.75, 3.05) is 11.1 Å². The fraction of sp³-hybridized carbons (Fsp3) is 0.0455. The normalized spacial score (nSPS) is 10.7. The second kappa shape index (κ2) is 8.94. The highest BCUT2D eigenvalue weighted by molar-refractivity contribution is 7.99. The molecule has 1 amide bonds. The van der Waals surface area contributed by atoms with E-state index in [9.17, 15) is 4.79 Å². The van der Waals surface area contributed by atoms with Crippen molar-refractivity contribution in [3.8, 4) is 16.8 Å². The molecule has 0 aliphatic rings. The van der Waals surface area contributed by atoms with Gasteiger partial charge >= 0.3 is 0 Å². The molecule has 1 aromatic heterocycles. The van der Waals surface area contributed by atoms with Crippen LogP contribution in [-0.2, 0) is 4.79 Å². The van der Waals surface area contributed by atoms with E-state index in [2.05, 4.69) is 27.6 Å². The Bertz CT molecular complexity index is 1110. The largest absolute Gasteiger partial charge is 0.325 e. The van der Waals surface area contributed by atoms with Crippen LogP contribution in [0.25, 0.3) is 16.8 Å². The predicted octanol–water partition coefficient (Wildman–Crippen LogP) is 5.32. The molecule has 0 aliphatic heterocycles. The van der Waals surface area contributed by atoms with E-state index < -0.39 is 0 Å². The number of carbonyl (C=O) groups is 1. The predicted molar refractivity (Wildman–Crippen MR) is 118 cm³/mol. The van der Waals surface area contributed by atoms with Crippen molar-refractivity contribution in [1.82, 2.24) is 14.8 Å². The highest BCUT2D eigenvalue weighted by Gasteiger charge is 2.11. The molecule has 3 aromatic carbocycles. The van der Waals surface area contributed by atoms with Gasteiger partial charge in [-0.05, 0) is 41.5 Å². The molecule has 0 atom stereocenters. The Kier molecular flexibility index (Phi) is 5.93. The molecular formula is C22H17ClN4OS. The molecule has 0 fully saturated rings. The van der Waals surface area contributed by atoms with Crippen LogP contribution in [0.15, 0.2) is 90.3 Å². The number of anilines is 1. The second-order valence-electron chi connectivity index (χ2n) is 6.24. The summed E-state index contributed by atoms with van der Waals surface area (Å²) >= 11 is 7.37. The van der Waals surface area contributed by atoms with Gasteiger partial charge in [-0.15, -0.1) is 10.2 Å². The van der Waals surface area contributed by atoms with E-state index in [1.165, 1.54) is 11.8 Å². The van der Waals surface area contributed by atoms with E-state index in [1.807, 2.05) is 60.7 Å². The Morgan fingerprint density at radius 1 is 0.966 bits per heavy atom. The average Bonchev–Trinajstić information content (AvgIpc) is 3.22. The number of rotatable bonds is 6. The van der Waals surface area contributed by atoms with Crippen LogP contribution in [0.3, 0.4) is 0 Å². The Balaban J connectivity index is 1.37. The summed E-state index contributed by atoms with van der Waals surface area (Å²) in [7, 11) is 0. The first-order valence-electron chi connectivity index (χ1n) is 8.93. The Hall–Kier alpha value is -3.09. The lowest BCUT2D eigenvalue weighted by Crippen LogP contribution is -2.14. The number of hydrogen-bond acceptors (Lipinski definition) is 4. The fourth-order valence-corrected chi connectivity index (χ4v) is 3.74. The first-order chi connectivity index (χ1) is 14.2. The third kappa shape index (κ3) is 4.85. The zero-order valence-corrected chi connectivity index (χ0v) is 16.9. The maximum atomic E-state index is 12.4. The van der Waals surface area contributed by atoms with Crippen LogP contribution >= 0.6 is 23.4 Å². The van der Waals surface area contributed by atoms with E-state index in [0.717, 1.165) is 22.5 Å². The van der Waals surface area contributed by atoms with Crippen LogP contribution in [0, 0.1) is 0 Å². The Morgan fingerprint density at radius 3 is 2.48 bits per heavy atom. The lowest BCUT2D eigenvalue weighted by atomic mass is 10.1. The van der Waals surface area contributed by atoms with Crippen LogP contribution in [0.4, 0.5) is 5.69 Å². The summed E-state index contributed by atoms with van der Waals surface area (Å²) < 4.78 is 1.80. The summed E-state index contributed by atoms with van der Waals surface area (Å²) in [6.07, 6.45) is 1.61. The van der Waals surface area contributed by atoms with Gasteiger partial charge in [0.25, 0.3) is 0 Å². The van der Waals surface area contributed by atoms with Gasteiger partial charge in [-0.25, -0.2) is 0 Å². The minimum absolute atomic E-state index is 0.108. The van der Waals surface area contributed by atoms with E-state index >= 15 is 0 Å². The number of carbonyl (C=O) groups excluding carboxylic acids is 1. The number of hydrogen-bond donors (Lipinski definition) is 1. The van der Waals surface area contributed by atoms with Gasteiger partial charge in [0, 0.05) is 10.7 Å². The average molecular weight is 421 g/mol. The van der Waals surface area contributed by atoms with Crippen molar-refractivity contribution in [2.24, 2.45) is 0 Å². The van der Waals surface area contributed by atoms with Gasteiger partial charge in [-0.2, -0.15) is 0 Å². The zero-order valence-electron chi connectivity index (χ0n) is 15.3. The van der Waals surface area contributed by atoms with Crippen LogP contribution in [0.5, 0.6) is 0 Å². The molecule has 29 heavy (non-hydrogen) atoms. The Morgan fingerprint density at radius 2 is 1.72 bits per heavy atom. The van der Waals surface area contributed by atoms with Gasteiger partial charge < -0.3 is 5.32 Å². The SMILES string of the molecule is O=C(CSc1nncn1-c1cccc(Cl)c1)Nc1ccc(-c2ccccc2)cc1. The van der Waals surface area contributed by atoms with Crippen molar-refractivity contribution < 1.29 is 4.79 Å². The molecule has 1 heterocycles. The number of nitrogens with one attached hydrogen (secondary N) is 1. The van der Waals surface area contributed by atoms with Crippen molar-refractivity contribution in [3.63, 3.8) is 0 Å². The lowest BCUT2D eigenvalue weighted by Gasteiger charge is -2.08. The number of aromatic nitrogens is 3. The molecular weight excluding hydrogens is 404 g/mol. The van der Waals surface area contributed by atoms with Crippen LogP contribution in [0.2, 0.25) is 5.02 Å². The maximum absolute atomic E-state index is 12.4. The topological polar surface area (TPSA) is 59.8 Å². The summed E-state index contributed by atoms with van der Waals surface area (Å²) in [5, 5.41) is 12.2. The van der Waals surface area contributed by atoms with Crippen molar-refractivity contribution in [2.45, 2.75) is 5.16 Å². The third-order valence-corrected chi connectivity index (χ3v) is 5.39. The van der Waals surface area contributed by atoms with Crippen molar-refractivity contribution >= 4 is 35.0 Å². The van der Waals surface area contributed by atoms with E-state index in [1.54, 1.807) is 17.0 Å². The molecule has 4 rings (SSSR count). The Labute approximate surface area is 177 Å². The summed E-state index contributed by atoms with van der Waals surface area (Å²) in [6.45, 7) is 0. The molecule has 5 nitrogen and oxygen atoms in total. The molecule has 4 aromatic rings. The minimum atomic E-state index is -0.108. The monoisotopic (exact) mass is 420 g/mol. The van der Waals surface area contributed by atoms with Crippen LogP contribution in [0.1, 0.15) is 0 Å². The second-order valence-corrected chi connectivity index (χ2v) is 7.62.